The molecule has 0 saturated carbocycles. The predicted octanol–water partition coefficient (Wildman–Crippen LogP) is 3.14. The Balaban J connectivity index is 1.49. The Labute approximate surface area is 166 Å². The highest BCUT2D eigenvalue weighted by molar-refractivity contribution is 7.09. The van der Waals surface area contributed by atoms with Crippen molar-refractivity contribution in [3.63, 3.8) is 0 Å². The molecule has 27 heavy (non-hydrogen) atoms. The zero-order chi connectivity index (χ0) is 18.9. The topological polar surface area (TPSA) is 58.3 Å². The lowest BCUT2D eigenvalue weighted by Gasteiger charge is -2.21. The van der Waals surface area contributed by atoms with Crippen LogP contribution in [0.15, 0.2) is 22.5 Å². The summed E-state index contributed by atoms with van der Waals surface area (Å²) in [4.78, 5) is 8.47. The number of aromatic nitrogens is 3. The zero-order valence-electron chi connectivity index (χ0n) is 16.7. The maximum atomic E-state index is 4.82. The summed E-state index contributed by atoms with van der Waals surface area (Å²) >= 11 is 1.82. The number of rotatable bonds is 8. The standard InChI is InChI=1S/C20H32N6S/c1-3-21-20(25(2)15-12-17-9-8-16-27-17)22-13-7-11-19-24-23-18-10-5-4-6-14-26(18)19/h8-9,16H,3-7,10-15H2,1-2H3,(H,21,22). The van der Waals surface area contributed by atoms with E-state index in [-0.39, 0.29) is 0 Å². The fourth-order valence-corrected chi connectivity index (χ4v) is 4.16. The van der Waals surface area contributed by atoms with E-state index in [1.807, 2.05) is 11.3 Å². The molecule has 0 amide bonds. The number of hydrogen-bond donors (Lipinski definition) is 1. The van der Waals surface area contributed by atoms with E-state index in [4.69, 9.17) is 4.99 Å². The van der Waals surface area contributed by atoms with Gasteiger partial charge in [0.05, 0.1) is 0 Å². The van der Waals surface area contributed by atoms with E-state index in [2.05, 4.69) is 56.5 Å². The molecule has 1 N–H and O–H groups in total. The molecule has 2 aromatic heterocycles. The quantitative estimate of drug-likeness (QED) is 0.429. The summed E-state index contributed by atoms with van der Waals surface area (Å²) in [5.41, 5.74) is 0. The minimum Gasteiger partial charge on any atom is -0.357 e. The highest BCUT2D eigenvalue weighted by Crippen LogP contribution is 2.15. The van der Waals surface area contributed by atoms with Gasteiger partial charge in [0.15, 0.2) is 5.96 Å². The van der Waals surface area contributed by atoms with Gasteiger partial charge < -0.3 is 14.8 Å². The molecule has 7 heteroatoms. The third kappa shape index (κ3) is 5.79. The van der Waals surface area contributed by atoms with E-state index in [0.717, 1.165) is 63.6 Å². The number of fused-ring (bicyclic) bond motifs is 1. The normalized spacial score (nSPS) is 14.7. The second kappa shape index (κ2) is 10.4. The monoisotopic (exact) mass is 388 g/mol. The van der Waals surface area contributed by atoms with Crippen molar-refractivity contribution in [3.05, 3.63) is 34.0 Å². The Morgan fingerprint density at radius 2 is 2.22 bits per heavy atom. The summed E-state index contributed by atoms with van der Waals surface area (Å²) in [5.74, 6) is 3.31. The van der Waals surface area contributed by atoms with Gasteiger partial charge in [0.2, 0.25) is 0 Å². The number of likely N-dealkylation sites (N-methyl/N-ethyl adjacent to an activating group) is 1. The summed E-state index contributed by atoms with van der Waals surface area (Å²) in [5, 5.41) is 14.4. The molecule has 1 aliphatic rings. The maximum absolute atomic E-state index is 4.82. The second-order valence-electron chi connectivity index (χ2n) is 7.08. The Kier molecular flexibility index (Phi) is 7.68. The van der Waals surface area contributed by atoms with Gasteiger partial charge in [0.1, 0.15) is 11.6 Å². The van der Waals surface area contributed by atoms with Crippen molar-refractivity contribution in [2.75, 3.05) is 26.7 Å². The van der Waals surface area contributed by atoms with E-state index in [9.17, 15) is 0 Å². The lowest BCUT2D eigenvalue weighted by Crippen LogP contribution is -2.40. The first-order valence-electron chi connectivity index (χ1n) is 10.2. The number of hydrogen-bond acceptors (Lipinski definition) is 4. The van der Waals surface area contributed by atoms with Crippen LogP contribution in [0.3, 0.4) is 0 Å². The Bertz CT molecular complexity index is 706. The summed E-state index contributed by atoms with van der Waals surface area (Å²) in [6.07, 6.45) is 7.88. The van der Waals surface area contributed by atoms with Crippen molar-refractivity contribution < 1.29 is 0 Å². The molecule has 0 unspecified atom stereocenters. The van der Waals surface area contributed by atoms with Gasteiger partial charge >= 0.3 is 0 Å². The van der Waals surface area contributed by atoms with Gasteiger partial charge in [-0.1, -0.05) is 12.5 Å². The molecule has 0 radical (unpaired) electrons. The van der Waals surface area contributed by atoms with E-state index in [1.54, 1.807) is 0 Å². The molecular weight excluding hydrogens is 356 g/mol. The Hall–Kier alpha value is -1.89. The lowest BCUT2D eigenvalue weighted by molar-refractivity contribution is 0.486. The molecule has 0 aromatic carbocycles. The minimum absolute atomic E-state index is 0.813. The third-order valence-corrected chi connectivity index (χ3v) is 5.91. The first-order chi connectivity index (χ1) is 13.3. The maximum Gasteiger partial charge on any atom is 0.193 e. The van der Waals surface area contributed by atoms with Crippen molar-refractivity contribution in [2.24, 2.45) is 4.99 Å². The Morgan fingerprint density at radius 1 is 1.30 bits per heavy atom. The lowest BCUT2D eigenvalue weighted by atomic mass is 10.2. The van der Waals surface area contributed by atoms with Gasteiger partial charge in [-0.25, -0.2) is 0 Å². The molecule has 6 nitrogen and oxygen atoms in total. The van der Waals surface area contributed by atoms with Crippen LogP contribution in [0, 0.1) is 0 Å². The SMILES string of the molecule is CCNC(=NCCCc1nnc2n1CCCCC2)N(C)CCc1cccs1. The third-order valence-electron chi connectivity index (χ3n) is 4.98. The average molecular weight is 389 g/mol. The van der Waals surface area contributed by atoms with Crippen molar-refractivity contribution in [3.8, 4) is 0 Å². The van der Waals surface area contributed by atoms with Gasteiger partial charge in [-0.3, -0.25) is 4.99 Å². The summed E-state index contributed by atoms with van der Waals surface area (Å²) in [6, 6.07) is 4.31. The van der Waals surface area contributed by atoms with Gasteiger partial charge in [-0.15, -0.1) is 21.5 Å². The molecule has 3 rings (SSSR count). The molecule has 2 aromatic rings. The first-order valence-corrected chi connectivity index (χ1v) is 11.1. The van der Waals surface area contributed by atoms with Crippen LogP contribution in [0.25, 0.3) is 0 Å². The highest BCUT2D eigenvalue weighted by Gasteiger charge is 2.14. The van der Waals surface area contributed by atoms with Gasteiger partial charge in [-0.2, -0.15) is 0 Å². The highest BCUT2D eigenvalue weighted by atomic mass is 32.1. The van der Waals surface area contributed by atoms with Crippen LogP contribution in [0.5, 0.6) is 0 Å². The smallest absolute Gasteiger partial charge is 0.193 e. The van der Waals surface area contributed by atoms with Crippen molar-refractivity contribution in [1.29, 1.82) is 0 Å². The van der Waals surface area contributed by atoms with Crippen LogP contribution >= 0.6 is 11.3 Å². The van der Waals surface area contributed by atoms with E-state index >= 15 is 0 Å². The number of thiophene rings is 1. The minimum atomic E-state index is 0.813. The van der Waals surface area contributed by atoms with Crippen LogP contribution in [0.1, 0.15) is 49.1 Å². The fourth-order valence-electron chi connectivity index (χ4n) is 3.46. The van der Waals surface area contributed by atoms with Crippen molar-refractivity contribution in [1.82, 2.24) is 25.0 Å². The van der Waals surface area contributed by atoms with E-state index < -0.39 is 0 Å². The van der Waals surface area contributed by atoms with Gasteiger partial charge in [-0.05, 0) is 44.1 Å². The van der Waals surface area contributed by atoms with Crippen LogP contribution in [-0.4, -0.2) is 52.3 Å². The molecule has 0 fully saturated rings. The number of nitrogens with zero attached hydrogens (tertiary/aromatic N) is 5. The number of nitrogens with one attached hydrogen (secondary N) is 1. The van der Waals surface area contributed by atoms with Gasteiger partial charge in [0, 0.05) is 50.9 Å². The molecule has 0 bridgehead atoms. The molecule has 0 saturated heterocycles. The van der Waals surface area contributed by atoms with Crippen LogP contribution in [-0.2, 0) is 25.8 Å². The average Bonchev–Trinajstić information content (AvgIpc) is 3.27. The van der Waals surface area contributed by atoms with Crippen LogP contribution in [0.4, 0.5) is 0 Å². The second-order valence-corrected chi connectivity index (χ2v) is 8.12. The number of aryl methyl sites for hydroxylation is 2. The number of guanidine groups is 1. The van der Waals surface area contributed by atoms with Crippen LogP contribution in [0.2, 0.25) is 0 Å². The summed E-state index contributed by atoms with van der Waals surface area (Å²) in [6.45, 7) is 5.88. The molecule has 0 aliphatic carbocycles. The van der Waals surface area contributed by atoms with Crippen molar-refractivity contribution >= 4 is 17.3 Å². The number of aliphatic imine (C=N–C) groups is 1. The van der Waals surface area contributed by atoms with Crippen molar-refractivity contribution in [2.45, 2.75) is 58.4 Å². The summed E-state index contributed by atoms with van der Waals surface area (Å²) in [7, 11) is 2.12. The predicted molar refractivity (Wildman–Crippen MR) is 113 cm³/mol. The molecule has 3 heterocycles. The molecular formula is C20H32N6S. The zero-order valence-corrected chi connectivity index (χ0v) is 17.5. The fraction of sp³-hybridized carbons (Fsp3) is 0.650. The molecule has 0 spiro atoms. The Morgan fingerprint density at radius 3 is 3.04 bits per heavy atom. The first kappa shape index (κ1) is 19.9. The molecule has 148 valence electrons. The largest absolute Gasteiger partial charge is 0.357 e. The van der Waals surface area contributed by atoms with Gasteiger partial charge in [0.25, 0.3) is 0 Å². The van der Waals surface area contributed by atoms with Crippen LogP contribution < -0.4 is 5.32 Å². The molecule has 1 aliphatic heterocycles. The van der Waals surface area contributed by atoms with E-state index in [1.165, 1.54) is 30.0 Å². The molecule has 0 atom stereocenters. The summed E-state index contributed by atoms with van der Waals surface area (Å²) < 4.78 is 2.34. The van der Waals surface area contributed by atoms with E-state index in [0.29, 0.717) is 0 Å².